The van der Waals surface area contributed by atoms with Gasteiger partial charge in [0.05, 0.1) is 25.5 Å². The Hall–Kier alpha value is -2.34. The highest BCUT2D eigenvalue weighted by Gasteiger charge is 2.22. The van der Waals surface area contributed by atoms with Crippen LogP contribution in [0.1, 0.15) is 36.0 Å². The van der Waals surface area contributed by atoms with Crippen molar-refractivity contribution in [1.29, 1.82) is 0 Å². The van der Waals surface area contributed by atoms with E-state index >= 15 is 0 Å². The van der Waals surface area contributed by atoms with Crippen LogP contribution in [0.3, 0.4) is 0 Å². The first kappa shape index (κ1) is 17.5. The van der Waals surface area contributed by atoms with Crippen LogP contribution < -0.4 is 15.0 Å². The number of rotatable bonds is 6. The molecule has 0 radical (unpaired) electrons. The lowest BCUT2D eigenvalue weighted by atomic mass is 10.1. The smallest absolute Gasteiger partial charge is 0.255 e. The maximum absolute atomic E-state index is 12.4. The first-order valence-electron chi connectivity index (χ1n) is 8.68. The van der Waals surface area contributed by atoms with Crippen LogP contribution in [0.5, 0.6) is 11.5 Å². The molecule has 2 heterocycles. The Morgan fingerprint density at radius 2 is 2.12 bits per heavy atom. The summed E-state index contributed by atoms with van der Waals surface area (Å²) in [5, 5.41) is 0. The van der Waals surface area contributed by atoms with Crippen LogP contribution in [0.4, 0.5) is 0 Å². The zero-order chi connectivity index (χ0) is 17.8. The molecular formula is C19H25N3O3. The van der Waals surface area contributed by atoms with E-state index in [2.05, 4.69) is 21.8 Å². The second kappa shape index (κ2) is 7.70. The molecule has 6 heteroatoms. The fraction of sp³-hybridized carbons (Fsp3) is 0.474. The van der Waals surface area contributed by atoms with Crippen molar-refractivity contribution in [2.45, 2.75) is 39.3 Å². The van der Waals surface area contributed by atoms with Gasteiger partial charge in [0.25, 0.3) is 5.56 Å². The van der Waals surface area contributed by atoms with Crippen molar-refractivity contribution in [2.75, 3.05) is 20.8 Å². The van der Waals surface area contributed by atoms with Gasteiger partial charge >= 0.3 is 0 Å². The summed E-state index contributed by atoms with van der Waals surface area (Å²) in [6.45, 7) is 4.26. The first-order chi connectivity index (χ1) is 12.1. The average molecular weight is 343 g/mol. The third kappa shape index (κ3) is 3.85. The number of nitrogens with one attached hydrogen (secondary N) is 1. The molecule has 0 aliphatic carbocycles. The Labute approximate surface area is 147 Å². The van der Waals surface area contributed by atoms with E-state index in [0.29, 0.717) is 13.1 Å². The fourth-order valence-corrected chi connectivity index (χ4v) is 3.27. The van der Waals surface area contributed by atoms with Crippen LogP contribution in [0.25, 0.3) is 0 Å². The Balaban J connectivity index is 1.81. The number of aromatic amines is 1. The minimum Gasteiger partial charge on any atom is -0.497 e. The molecule has 1 N–H and O–H groups in total. The first-order valence-corrected chi connectivity index (χ1v) is 8.68. The van der Waals surface area contributed by atoms with Crippen molar-refractivity contribution in [3.8, 4) is 11.5 Å². The predicted octanol–water partition coefficient (Wildman–Crippen LogP) is 2.30. The van der Waals surface area contributed by atoms with Crippen molar-refractivity contribution >= 4 is 0 Å². The third-order valence-electron chi connectivity index (χ3n) is 4.57. The van der Waals surface area contributed by atoms with E-state index in [9.17, 15) is 4.79 Å². The number of fused-ring (bicyclic) bond motifs is 1. The fourth-order valence-electron chi connectivity index (χ4n) is 3.27. The van der Waals surface area contributed by atoms with Crippen molar-refractivity contribution in [2.24, 2.45) is 0 Å². The van der Waals surface area contributed by atoms with E-state index in [-0.39, 0.29) is 5.56 Å². The molecule has 0 unspecified atom stereocenters. The molecule has 134 valence electrons. The molecule has 0 amide bonds. The Morgan fingerprint density at radius 3 is 2.84 bits per heavy atom. The number of hydrogen-bond acceptors (Lipinski definition) is 5. The van der Waals surface area contributed by atoms with Crippen LogP contribution in [0.2, 0.25) is 0 Å². The van der Waals surface area contributed by atoms with Gasteiger partial charge in [0.2, 0.25) is 0 Å². The van der Waals surface area contributed by atoms with Crippen LogP contribution in [-0.4, -0.2) is 35.6 Å². The Kier molecular flexibility index (Phi) is 5.38. The molecule has 0 fully saturated rings. The van der Waals surface area contributed by atoms with Gasteiger partial charge in [0, 0.05) is 38.0 Å². The van der Waals surface area contributed by atoms with Crippen LogP contribution >= 0.6 is 0 Å². The lowest BCUT2D eigenvalue weighted by Crippen LogP contribution is -2.35. The summed E-state index contributed by atoms with van der Waals surface area (Å²) in [4.78, 5) is 22.2. The van der Waals surface area contributed by atoms with Crippen LogP contribution in [0, 0.1) is 0 Å². The van der Waals surface area contributed by atoms with Gasteiger partial charge in [0.15, 0.2) is 0 Å². The van der Waals surface area contributed by atoms with Crippen LogP contribution in [0.15, 0.2) is 23.0 Å². The van der Waals surface area contributed by atoms with Gasteiger partial charge in [-0.2, -0.15) is 0 Å². The van der Waals surface area contributed by atoms with E-state index < -0.39 is 0 Å². The molecule has 2 aromatic rings. The second-order valence-electron chi connectivity index (χ2n) is 6.33. The average Bonchev–Trinajstić information content (AvgIpc) is 2.62. The standard InChI is InChI=1S/C19H25N3O3/c1-4-5-18-20-16-8-9-22(12-15(16)19(23)21-18)11-13-10-14(24-2)6-7-17(13)25-3/h6-7,10H,4-5,8-9,11-12H2,1-3H3,(H,20,21,23). The molecule has 0 atom stereocenters. The highest BCUT2D eigenvalue weighted by molar-refractivity contribution is 5.40. The molecule has 0 saturated heterocycles. The van der Waals surface area contributed by atoms with Crippen molar-refractivity contribution in [1.82, 2.24) is 14.9 Å². The molecule has 0 bridgehead atoms. The van der Waals surface area contributed by atoms with Gasteiger partial charge in [-0.05, 0) is 24.6 Å². The summed E-state index contributed by atoms with van der Waals surface area (Å²) in [6, 6.07) is 5.79. The topological polar surface area (TPSA) is 67.5 Å². The summed E-state index contributed by atoms with van der Waals surface area (Å²) < 4.78 is 10.8. The van der Waals surface area contributed by atoms with Gasteiger partial charge in [-0.25, -0.2) is 4.98 Å². The number of ether oxygens (including phenoxy) is 2. The highest BCUT2D eigenvalue weighted by atomic mass is 16.5. The number of H-pyrrole nitrogens is 1. The molecule has 1 aliphatic heterocycles. The van der Waals surface area contributed by atoms with Gasteiger partial charge in [-0.15, -0.1) is 0 Å². The van der Waals surface area contributed by atoms with Gasteiger partial charge in [-0.1, -0.05) is 6.92 Å². The van der Waals surface area contributed by atoms with Gasteiger partial charge in [-0.3, -0.25) is 9.69 Å². The molecule has 1 aromatic heterocycles. The number of benzene rings is 1. The largest absolute Gasteiger partial charge is 0.497 e. The summed E-state index contributed by atoms with van der Waals surface area (Å²) in [5.74, 6) is 2.43. The van der Waals surface area contributed by atoms with Gasteiger partial charge < -0.3 is 14.5 Å². The van der Waals surface area contributed by atoms with E-state index in [4.69, 9.17) is 9.47 Å². The Morgan fingerprint density at radius 1 is 1.28 bits per heavy atom. The number of aromatic nitrogens is 2. The third-order valence-corrected chi connectivity index (χ3v) is 4.57. The zero-order valence-corrected chi connectivity index (χ0v) is 15.1. The molecular weight excluding hydrogens is 318 g/mol. The minimum atomic E-state index is -0.00393. The maximum atomic E-state index is 12.4. The number of aryl methyl sites for hydroxylation is 1. The summed E-state index contributed by atoms with van der Waals surface area (Å²) in [5.41, 5.74) is 2.78. The molecule has 3 rings (SSSR count). The molecule has 1 aromatic carbocycles. The molecule has 0 spiro atoms. The lowest BCUT2D eigenvalue weighted by molar-refractivity contribution is 0.237. The van der Waals surface area contributed by atoms with E-state index in [0.717, 1.165) is 60.0 Å². The molecule has 1 aliphatic rings. The molecule has 0 saturated carbocycles. The normalized spacial score (nSPS) is 14.2. The number of hydrogen-bond donors (Lipinski definition) is 1. The number of methoxy groups -OCH3 is 2. The van der Waals surface area contributed by atoms with Gasteiger partial charge in [0.1, 0.15) is 17.3 Å². The highest BCUT2D eigenvalue weighted by Crippen LogP contribution is 2.26. The summed E-state index contributed by atoms with van der Waals surface area (Å²) >= 11 is 0. The SMILES string of the molecule is CCCc1nc2c(c(=O)[nH]1)CN(Cc1cc(OC)ccc1OC)CC2. The zero-order valence-electron chi connectivity index (χ0n) is 15.1. The quantitative estimate of drug-likeness (QED) is 0.872. The van der Waals surface area contributed by atoms with Crippen LogP contribution in [-0.2, 0) is 25.9 Å². The number of nitrogens with zero attached hydrogens (tertiary/aromatic N) is 2. The van der Waals surface area contributed by atoms with Crippen molar-refractivity contribution < 1.29 is 9.47 Å². The van der Waals surface area contributed by atoms with Crippen molar-refractivity contribution in [3.63, 3.8) is 0 Å². The van der Waals surface area contributed by atoms with E-state index in [1.807, 2.05) is 18.2 Å². The Bertz CT molecular complexity index is 801. The summed E-state index contributed by atoms with van der Waals surface area (Å²) in [6.07, 6.45) is 2.58. The maximum Gasteiger partial charge on any atom is 0.255 e. The molecule has 6 nitrogen and oxygen atoms in total. The summed E-state index contributed by atoms with van der Waals surface area (Å²) in [7, 11) is 3.32. The lowest BCUT2D eigenvalue weighted by Gasteiger charge is -2.28. The van der Waals surface area contributed by atoms with E-state index in [1.165, 1.54) is 0 Å². The second-order valence-corrected chi connectivity index (χ2v) is 6.33. The van der Waals surface area contributed by atoms with Crippen molar-refractivity contribution in [3.05, 3.63) is 51.2 Å². The monoisotopic (exact) mass is 343 g/mol. The molecule has 25 heavy (non-hydrogen) atoms. The van der Waals surface area contributed by atoms with E-state index in [1.54, 1.807) is 14.2 Å². The minimum absolute atomic E-state index is 0.00393. The predicted molar refractivity (Wildman–Crippen MR) is 96.2 cm³/mol.